The maximum absolute atomic E-state index is 12.3. The second kappa shape index (κ2) is 12.1. The fraction of sp³-hybridized carbons (Fsp3) is 0.304. The molecule has 0 aliphatic carbocycles. The number of nitrogens with zero attached hydrogens (tertiary/aromatic N) is 1. The van der Waals surface area contributed by atoms with Crippen molar-refractivity contribution in [3.8, 4) is 17.6 Å². The van der Waals surface area contributed by atoms with Crippen LogP contribution in [-0.2, 0) is 11.2 Å². The van der Waals surface area contributed by atoms with Crippen LogP contribution in [0.5, 0.6) is 11.5 Å². The highest BCUT2D eigenvalue weighted by Crippen LogP contribution is 2.16. The Morgan fingerprint density at radius 3 is 2.41 bits per heavy atom. The summed E-state index contributed by atoms with van der Waals surface area (Å²) in [6, 6.07) is 16.9. The number of carbonyl (C=O) groups excluding carboxylic acids is 1. The van der Waals surface area contributed by atoms with E-state index >= 15 is 0 Å². The lowest BCUT2D eigenvalue weighted by molar-refractivity contribution is -0.112. The number of benzene rings is 2. The second-order valence-electron chi connectivity index (χ2n) is 6.40. The third kappa shape index (κ3) is 7.59. The first-order chi connectivity index (χ1) is 14.2. The van der Waals surface area contributed by atoms with Crippen LogP contribution in [0.15, 0.2) is 60.3 Å². The molecule has 6 heteroatoms. The molecule has 0 bridgehead atoms. The maximum atomic E-state index is 12.3. The predicted octanol–water partition coefficient (Wildman–Crippen LogP) is 4.05. The van der Waals surface area contributed by atoms with Crippen molar-refractivity contribution >= 4 is 11.6 Å². The summed E-state index contributed by atoms with van der Waals surface area (Å²) in [7, 11) is 1.61. The van der Waals surface area contributed by atoms with E-state index in [1.165, 1.54) is 11.8 Å². The number of ether oxygens (including phenoxy) is 2. The Labute approximate surface area is 172 Å². The highest BCUT2D eigenvalue weighted by molar-refractivity contribution is 6.06. The minimum Gasteiger partial charge on any atom is -0.497 e. The van der Waals surface area contributed by atoms with Crippen molar-refractivity contribution in [3.05, 3.63) is 65.9 Å². The van der Waals surface area contributed by atoms with Crippen molar-refractivity contribution in [2.45, 2.75) is 26.2 Å². The number of aryl methyl sites for hydroxylation is 1. The molecule has 1 amide bonds. The number of nitrogens with one attached hydrogen (secondary N) is 2. The van der Waals surface area contributed by atoms with Crippen molar-refractivity contribution < 1.29 is 14.3 Å². The Morgan fingerprint density at radius 2 is 1.79 bits per heavy atom. The molecule has 152 valence electrons. The lowest BCUT2D eigenvalue weighted by Gasteiger charge is -2.08. The summed E-state index contributed by atoms with van der Waals surface area (Å²) < 4.78 is 10.7. The van der Waals surface area contributed by atoms with Gasteiger partial charge in [-0.3, -0.25) is 4.79 Å². The van der Waals surface area contributed by atoms with Crippen molar-refractivity contribution in [2.75, 3.05) is 25.6 Å². The lowest BCUT2D eigenvalue weighted by atomic mass is 10.1. The molecule has 0 atom stereocenters. The summed E-state index contributed by atoms with van der Waals surface area (Å²) in [6.07, 6.45) is 4.72. The van der Waals surface area contributed by atoms with Crippen LogP contribution in [0.3, 0.4) is 0 Å². The summed E-state index contributed by atoms with van der Waals surface area (Å²) in [5.74, 6) is 1.04. The van der Waals surface area contributed by atoms with Crippen molar-refractivity contribution in [3.63, 3.8) is 0 Å². The van der Waals surface area contributed by atoms with Gasteiger partial charge < -0.3 is 20.1 Å². The maximum Gasteiger partial charge on any atom is 0.267 e. The zero-order chi connectivity index (χ0) is 20.9. The Bertz CT molecular complexity index is 837. The minimum atomic E-state index is -0.447. The highest BCUT2D eigenvalue weighted by Gasteiger charge is 2.09. The molecule has 29 heavy (non-hydrogen) atoms. The molecule has 0 unspecified atom stereocenters. The van der Waals surface area contributed by atoms with Crippen LogP contribution in [0.4, 0.5) is 5.69 Å². The average molecular weight is 393 g/mol. The Hall–Kier alpha value is -3.46. The standard InChI is InChI=1S/C23H27N3O3/c1-3-4-5-18-6-8-20(9-7-18)26-23(27)19(16-24)17-25-14-15-29-22-12-10-21(28-2)11-13-22/h6-13,17,25H,3-5,14-15H2,1-2H3,(H,26,27)/b19-17-. The van der Waals surface area contributed by atoms with Gasteiger partial charge in [-0.15, -0.1) is 0 Å². The van der Waals surface area contributed by atoms with E-state index in [1.54, 1.807) is 7.11 Å². The van der Waals surface area contributed by atoms with Gasteiger partial charge in [0.15, 0.2) is 0 Å². The van der Waals surface area contributed by atoms with Crippen LogP contribution in [0, 0.1) is 11.3 Å². The number of nitriles is 1. The molecule has 0 saturated carbocycles. The van der Waals surface area contributed by atoms with E-state index in [0.29, 0.717) is 18.8 Å². The number of hydrogen-bond donors (Lipinski definition) is 2. The number of rotatable bonds is 11. The molecule has 0 fully saturated rings. The SMILES string of the molecule is CCCCc1ccc(NC(=O)/C(C#N)=C\NCCOc2ccc(OC)cc2)cc1. The third-order valence-corrected chi connectivity index (χ3v) is 4.22. The number of anilines is 1. The van der Waals surface area contributed by atoms with Gasteiger partial charge in [-0.25, -0.2) is 0 Å². The largest absolute Gasteiger partial charge is 0.497 e. The van der Waals surface area contributed by atoms with Gasteiger partial charge in [-0.1, -0.05) is 25.5 Å². The first kappa shape index (κ1) is 21.8. The van der Waals surface area contributed by atoms with E-state index in [-0.39, 0.29) is 5.57 Å². The molecule has 2 rings (SSSR count). The highest BCUT2D eigenvalue weighted by atomic mass is 16.5. The van der Waals surface area contributed by atoms with E-state index in [4.69, 9.17) is 9.47 Å². The van der Waals surface area contributed by atoms with Gasteiger partial charge in [-0.2, -0.15) is 5.26 Å². The van der Waals surface area contributed by atoms with Gasteiger partial charge in [0, 0.05) is 18.4 Å². The fourth-order valence-electron chi connectivity index (χ4n) is 2.56. The molecule has 0 radical (unpaired) electrons. The molecule has 2 aromatic rings. The Morgan fingerprint density at radius 1 is 1.10 bits per heavy atom. The fourth-order valence-corrected chi connectivity index (χ4v) is 2.56. The topological polar surface area (TPSA) is 83.4 Å². The van der Waals surface area contributed by atoms with Gasteiger partial charge >= 0.3 is 0 Å². The van der Waals surface area contributed by atoms with E-state index in [0.717, 1.165) is 30.8 Å². The number of hydrogen-bond acceptors (Lipinski definition) is 5. The molecule has 0 aromatic heterocycles. The normalized spacial score (nSPS) is 10.7. The molecular weight excluding hydrogens is 366 g/mol. The van der Waals surface area contributed by atoms with Crippen LogP contribution < -0.4 is 20.1 Å². The lowest BCUT2D eigenvalue weighted by Crippen LogP contribution is -2.20. The van der Waals surface area contributed by atoms with Crippen molar-refractivity contribution in [1.29, 1.82) is 5.26 Å². The predicted molar refractivity (Wildman–Crippen MR) is 114 cm³/mol. The van der Waals surface area contributed by atoms with Crippen LogP contribution in [-0.4, -0.2) is 26.2 Å². The van der Waals surface area contributed by atoms with Crippen LogP contribution in [0.1, 0.15) is 25.3 Å². The van der Waals surface area contributed by atoms with Crippen molar-refractivity contribution in [2.24, 2.45) is 0 Å². The summed E-state index contributed by atoms with van der Waals surface area (Å²) in [6.45, 7) is 3.00. The number of unbranched alkanes of at least 4 members (excludes halogenated alkanes) is 1. The van der Waals surface area contributed by atoms with Gasteiger partial charge in [0.1, 0.15) is 29.7 Å². The molecule has 0 aliphatic heterocycles. The van der Waals surface area contributed by atoms with Crippen LogP contribution in [0.2, 0.25) is 0 Å². The summed E-state index contributed by atoms with van der Waals surface area (Å²) in [5, 5.41) is 14.9. The van der Waals surface area contributed by atoms with Gasteiger partial charge in [0.05, 0.1) is 7.11 Å². The van der Waals surface area contributed by atoms with Gasteiger partial charge in [0.2, 0.25) is 0 Å². The molecule has 0 saturated heterocycles. The van der Waals surface area contributed by atoms with Crippen molar-refractivity contribution in [1.82, 2.24) is 5.32 Å². The van der Waals surface area contributed by atoms with E-state index < -0.39 is 5.91 Å². The molecule has 0 spiro atoms. The van der Waals surface area contributed by atoms with Crippen LogP contribution in [0.25, 0.3) is 0 Å². The monoisotopic (exact) mass is 393 g/mol. The third-order valence-electron chi connectivity index (χ3n) is 4.22. The Kier molecular flexibility index (Phi) is 9.10. The van der Waals surface area contributed by atoms with Gasteiger partial charge in [0.25, 0.3) is 5.91 Å². The molecule has 6 nitrogen and oxygen atoms in total. The van der Waals surface area contributed by atoms with E-state index in [9.17, 15) is 10.1 Å². The molecule has 0 heterocycles. The zero-order valence-electron chi connectivity index (χ0n) is 16.9. The number of carbonyl (C=O) groups is 1. The Balaban J connectivity index is 1.77. The van der Waals surface area contributed by atoms with Gasteiger partial charge in [-0.05, 0) is 54.8 Å². The molecule has 2 aromatic carbocycles. The molecule has 0 aliphatic rings. The smallest absolute Gasteiger partial charge is 0.267 e. The summed E-state index contributed by atoms with van der Waals surface area (Å²) >= 11 is 0. The second-order valence-corrected chi connectivity index (χ2v) is 6.40. The van der Waals surface area contributed by atoms with E-state index in [1.807, 2.05) is 54.6 Å². The summed E-state index contributed by atoms with van der Waals surface area (Å²) in [4.78, 5) is 12.3. The summed E-state index contributed by atoms with van der Waals surface area (Å²) in [5.41, 5.74) is 1.91. The minimum absolute atomic E-state index is 0.00417. The molecular formula is C23H27N3O3. The first-order valence-electron chi connectivity index (χ1n) is 9.67. The first-order valence-corrected chi connectivity index (χ1v) is 9.67. The number of amides is 1. The zero-order valence-corrected chi connectivity index (χ0v) is 16.9. The average Bonchev–Trinajstić information content (AvgIpc) is 2.76. The number of methoxy groups -OCH3 is 1. The van der Waals surface area contributed by atoms with Crippen LogP contribution >= 0.6 is 0 Å². The molecule has 2 N–H and O–H groups in total. The van der Waals surface area contributed by atoms with E-state index in [2.05, 4.69) is 17.6 Å². The quantitative estimate of drug-likeness (QED) is 0.342.